The number of guanidine groups is 1. The van der Waals surface area contributed by atoms with E-state index in [0.717, 1.165) is 64.0 Å². The molecule has 0 radical (unpaired) electrons. The van der Waals surface area contributed by atoms with Crippen LogP contribution in [-0.2, 0) is 9.47 Å². The predicted octanol–water partition coefficient (Wildman–Crippen LogP) is 3.46. The highest BCUT2D eigenvalue weighted by Gasteiger charge is 2.15. The Bertz CT molecular complexity index is 508. The van der Waals surface area contributed by atoms with Gasteiger partial charge in [-0.3, -0.25) is 4.99 Å². The average molecular weight is 493 g/mol. The van der Waals surface area contributed by atoms with Crippen LogP contribution in [0.5, 0.6) is 0 Å². The minimum Gasteiger partial charge on any atom is -0.379 e. The largest absolute Gasteiger partial charge is 0.379 e. The van der Waals surface area contributed by atoms with E-state index in [4.69, 9.17) is 9.47 Å². The number of aliphatic imine (C=N–C) groups is 1. The van der Waals surface area contributed by atoms with E-state index in [0.29, 0.717) is 0 Å². The van der Waals surface area contributed by atoms with Gasteiger partial charge in [0, 0.05) is 43.5 Å². The number of hydrogen-bond donors (Lipinski definition) is 2. The van der Waals surface area contributed by atoms with E-state index < -0.39 is 0 Å². The maximum Gasteiger partial charge on any atom is 0.191 e. The Morgan fingerprint density at radius 3 is 2.81 bits per heavy atom. The molecule has 1 unspecified atom stereocenters. The third kappa shape index (κ3) is 9.99. The summed E-state index contributed by atoms with van der Waals surface area (Å²) in [6, 6.07) is 8.66. The lowest BCUT2D eigenvalue weighted by molar-refractivity contribution is 0.0424. The molecule has 0 spiro atoms. The summed E-state index contributed by atoms with van der Waals surface area (Å²) in [6.45, 7) is 9.05. The molecular formula is C19H32IN3O2S. The summed E-state index contributed by atoms with van der Waals surface area (Å²) in [4.78, 5) is 5.92. The summed E-state index contributed by atoms with van der Waals surface area (Å²) in [5, 5.41) is 6.68. The van der Waals surface area contributed by atoms with Crippen LogP contribution >= 0.6 is 35.7 Å². The maximum atomic E-state index is 5.76. The van der Waals surface area contributed by atoms with Gasteiger partial charge in [-0.05, 0) is 38.8 Å². The Labute approximate surface area is 179 Å². The number of thioether (sulfide) groups is 1. The molecule has 5 nitrogen and oxygen atoms in total. The summed E-state index contributed by atoms with van der Waals surface area (Å²) in [6.07, 6.45) is 2.24. The molecular weight excluding hydrogens is 461 g/mol. The van der Waals surface area contributed by atoms with Crippen molar-refractivity contribution in [2.75, 3.05) is 45.2 Å². The van der Waals surface area contributed by atoms with Gasteiger partial charge in [-0.25, -0.2) is 0 Å². The molecule has 0 saturated carbocycles. The Hall–Kier alpha value is -0.510. The Balaban J connectivity index is 0.00000338. The van der Waals surface area contributed by atoms with Crippen molar-refractivity contribution in [3.63, 3.8) is 0 Å². The molecule has 2 rings (SSSR count). The minimum absolute atomic E-state index is 0. The van der Waals surface area contributed by atoms with Crippen LogP contribution in [0.15, 0.2) is 34.2 Å². The van der Waals surface area contributed by atoms with Crippen molar-refractivity contribution in [1.29, 1.82) is 0 Å². The van der Waals surface area contributed by atoms with Crippen LogP contribution in [0.1, 0.15) is 25.3 Å². The van der Waals surface area contributed by atoms with Crippen LogP contribution < -0.4 is 10.6 Å². The van der Waals surface area contributed by atoms with Crippen molar-refractivity contribution in [1.82, 2.24) is 10.6 Å². The van der Waals surface area contributed by atoms with Crippen LogP contribution in [0.3, 0.4) is 0 Å². The van der Waals surface area contributed by atoms with Crippen molar-refractivity contribution in [2.24, 2.45) is 4.99 Å². The van der Waals surface area contributed by atoms with E-state index in [1.54, 1.807) is 0 Å². The topological polar surface area (TPSA) is 54.9 Å². The van der Waals surface area contributed by atoms with Crippen molar-refractivity contribution < 1.29 is 9.47 Å². The summed E-state index contributed by atoms with van der Waals surface area (Å²) >= 11 is 1.86. The molecule has 148 valence electrons. The molecule has 26 heavy (non-hydrogen) atoms. The normalized spacial score (nSPS) is 17.0. The van der Waals surface area contributed by atoms with Crippen molar-refractivity contribution in [2.45, 2.75) is 37.7 Å². The van der Waals surface area contributed by atoms with E-state index in [1.807, 2.05) is 11.8 Å². The maximum absolute atomic E-state index is 5.76. The molecule has 0 aromatic heterocycles. The summed E-state index contributed by atoms with van der Waals surface area (Å²) < 4.78 is 11.1. The number of rotatable bonds is 10. The van der Waals surface area contributed by atoms with Gasteiger partial charge in [0.1, 0.15) is 0 Å². The van der Waals surface area contributed by atoms with Crippen molar-refractivity contribution >= 4 is 41.7 Å². The molecule has 1 atom stereocenters. The lowest BCUT2D eigenvalue weighted by Gasteiger charge is -2.12. The first-order valence-electron chi connectivity index (χ1n) is 9.19. The fraction of sp³-hybridized carbons (Fsp3) is 0.632. The molecule has 2 N–H and O–H groups in total. The van der Waals surface area contributed by atoms with Crippen LogP contribution in [0.25, 0.3) is 0 Å². The third-order valence-electron chi connectivity index (χ3n) is 3.84. The van der Waals surface area contributed by atoms with Crippen molar-refractivity contribution in [3.05, 3.63) is 29.8 Å². The molecule has 7 heteroatoms. The first-order valence-corrected chi connectivity index (χ1v) is 10.2. The van der Waals surface area contributed by atoms with E-state index in [9.17, 15) is 0 Å². The fourth-order valence-corrected chi connectivity index (χ4v) is 3.23. The third-order valence-corrected chi connectivity index (χ3v) is 4.86. The first kappa shape index (κ1) is 23.5. The second-order valence-corrected chi connectivity index (χ2v) is 7.23. The van der Waals surface area contributed by atoms with Crippen LogP contribution in [0.4, 0.5) is 0 Å². The second kappa shape index (κ2) is 14.5. The van der Waals surface area contributed by atoms with Crippen LogP contribution in [0, 0.1) is 6.92 Å². The molecule has 1 heterocycles. The lowest BCUT2D eigenvalue weighted by Crippen LogP contribution is -2.38. The molecule has 1 aliphatic rings. The second-order valence-electron chi connectivity index (χ2n) is 6.06. The smallest absolute Gasteiger partial charge is 0.191 e. The van der Waals surface area contributed by atoms with Gasteiger partial charge in [0.25, 0.3) is 0 Å². The van der Waals surface area contributed by atoms with Crippen molar-refractivity contribution in [3.8, 4) is 0 Å². The summed E-state index contributed by atoms with van der Waals surface area (Å²) in [5.41, 5.74) is 1.30. The van der Waals surface area contributed by atoms with Crippen LogP contribution in [-0.4, -0.2) is 57.3 Å². The lowest BCUT2D eigenvalue weighted by atomic mass is 10.2. The molecule has 1 aliphatic heterocycles. The molecule has 0 aliphatic carbocycles. The van der Waals surface area contributed by atoms with E-state index in [-0.39, 0.29) is 30.1 Å². The average Bonchev–Trinajstić information content (AvgIpc) is 3.13. The van der Waals surface area contributed by atoms with Gasteiger partial charge in [0.05, 0.1) is 12.7 Å². The number of ether oxygens (including phenoxy) is 2. The minimum atomic E-state index is 0. The van der Waals surface area contributed by atoms with Gasteiger partial charge >= 0.3 is 0 Å². The first-order chi connectivity index (χ1) is 12.3. The van der Waals surface area contributed by atoms with Crippen LogP contribution in [0.2, 0.25) is 0 Å². The molecule has 1 fully saturated rings. The highest BCUT2D eigenvalue weighted by Crippen LogP contribution is 2.17. The number of hydrogen-bond acceptors (Lipinski definition) is 4. The summed E-state index contributed by atoms with van der Waals surface area (Å²) in [7, 11) is 0. The number of halogens is 1. The van der Waals surface area contributed by atoms with Gasteiger partial charge in [-0.2, -0.15) is 0 Å². The Morgan fingerprint density at radius 1 is 1.31 bits per heavy atom. The van der Waals surface area contributed by atoms with Gasteiger partial charge in [0.2, 0.25) is 0 Å². The Morgan fingerprint density at radius 2 is 2.12 bits per heavy atom. The monoisotopic (exact) mass is 493 g/mol. The number of nitrogens with zero attached hydrogens (tertiary/aromatic N) is 1. The highest BCUT2D eigenvalue weighted by molar-refractivity contribution is 14.0. The molecule has 1 aromatic carbocycles. The SMILES string of the molecule is CCNC(=NCCCOC1CCOC1)NCCSc1ccc(C)cc1.I. The standard InChI is InChI=1S/C19H31N3O2S.HI/c1-3-20-19(21-10-4-12-24-17-9-13-23-15-17)22-11-14-25-18-7-5-16(2)6-8-18;/h5-8,17H,3-4,9-15H2,1-2H3,(H2,20,21,22);1H. The highest BCUT2D eigenvalue weighted by atomic mass is 127. The van der Waals surface area contributed by atoms with E-state index >= 15 is 0 Å². The zero-order chi connectivity index (χ0) is 17.7. The number of nitrogens with one attached hydrogen (secondary N) is 2. The molecule has 0 amide bonds. The van der Waals surface area contributed by atoms with Gasteiger partial charge in [-0.15, -0.1) is 35.7 Å². The number of benzene rings is 1. The molecule has 0 bridgehead atoms. The van der Waals surface area contributed by atoms with Gasteiger partial charge in [0.15, 0.2) is 5.96 Å². The fourth-order valence-electron chi connectivity index (χ4n) is 2.46. The quantitative estimate of drug-likeness (QED) is 0.172. The molecule has 1 saturated heterocycles. The number of aryl methyl sites for hydroxylation is 1. The Kier molecular flexibility index (Phi) is 13.2. The zero-order valence-electron chi connectivity index (χ0n) is 15.8. The van der Waals surface area contributed by atoms with Gasteiger partial charge < -0.3 is 20.1 Å². The predicted molar refractivity (Wildman–Crippen MR) is 121 cm³/mol. The van der Waals surface area contributed by atoms with Gasteiger partial charge in [-0.1, -0.05) is 17.7 Å². The summed E-state index contributed by atoms with van der Waals surface area (Å²) in [5.74, 6) is 1.90. The van der Waals surface area contributed by atoms with E-state index in [2.05, 4.69) is 53.7 Å². The zero-order valence-corrected chi connectivity index (χ0v) is 19.0. The van der Waals surface area contributed by atoms with E-state index in [1.165, 1.54) is 10.5 Å². The molecule has 1 aromatic rings.